The molecule has 11 unspecified atom stereocenters. The molecule has 20 nitrogen and oxygen atoms in total. The molecule has 2 saturated heterocycles. The predicted molar refractivity (Wildman–Crippen MR) is 127 cm³/mol. The number of hydrogen-bond acceptors (Lipinski definition) is 15. The molecule has 11 atom stereocenters. The zero-order valence-electron chi connectivity index (χ0n) is 20.7. The first-order valence-electron chi connectivity index (χ1n) is 11.6. The molecule has 0 spiro atoms. The minimum Gasteiger partial charge on any atom is -0.477 e. The van der Waals surface area contributed by atoms with Gasteiger partial charge in [-0.05, 0) is 17.5 Å². The molecule has 0 bridgehead atoms. The van der Waals surface area contributed by atoms with Gasteiger partial charge in [0.1, 0.15) is 24.1 Å². The highest BCUT2D eigenvalue weighted by atomic mass is 31.2. The number of azide groups is 1. The molecule has 0 saturated carbocycles. The van der Waals surface area contributed by atoms with E-state index in [9.17, 15) is 49.7 Å². The standard InChI is InChI=1S/C19H29N6O14P/c1-7-4-19(17(31)32,38-15(12(7)28)11(23-24-21)8(27)5-26)39-40(34,35)36-6-9-13(29)14(30)16(37-9)25-3-2-10(20)22-18(25)33/h2-3,7-9,11-16,26-30H,4-6H2,1H3,(H,31,32)(H,34,35)(H2,20,22,33). The number of anilines is 1. The summed E-state index contributed by atoms with van der Waals surface area (Å²) in [6, 6.07) is -0.517. The van der Waals surface area contributed by atoms with Crippen LogP contribution in [0.2, 0.25) is 0 Å². The molecule has 224 valence electrons. The number of aliphatic hydroxyl groups is 5. The van der Waals surface area contributed by atoms with Gasteiger partial charge in [0.25, 0.3) is 5.79 Å². The topological polar surface area (TPSA) is 322 Å². The molecule has 3 rings (SSSR count). The van der Waals surface area contributed by atoms with E-state index in [4.69, 9.17) is 29.8 Å². The van der Waals surface area contributed by atoms with Gasteiger partial charge >= 0.3 is 19.5 Å². The maximum Gasteiger partial charge on any atom is 0.475 e. The van der Waals surface area contributed by atoms with Crippen molar-refractivity contribution in [2.75, 3.05) is 18.9 Å². The predicted octanol–water partition coefficient (Wildman–Crippen LogP) is -2.82. The number of aliphatic carboxylic acids is 1. The van der Waals surface area contributed by atoms with Crippen LogP contribution in [-0.2, 0) is 27.9 Å². The van der Waals surface area contributed by atoms with Gasteiger partial charge in [-0.1, -0.05) is 12.0 Å². The number of carbonyl (C=O) groups is 1. The number of nitrogens with two attached hydrogens (primary N) is 1. The highest BCUT2D eigenvalue weighted by molar-refractivity contribution is 7.47. The van der Waals surface area contributed by atoms with Crippen molar-refractivity contribution in [3.05, 3.63) is 33.2 Å². The zero-order chi connectivity index (χ0) is 30.0. The van der Waals surface area contributed by atoms with E-state index in [1.54, 1.807) is 0 Å². The van der Waals surface area contributed by atoms with Crippen LogP contribution in [0.15, 0.2) is 22.2 Å². The Morgan fingerprint density at radius 3 is 2.65 bits per heavy atom. The van der Waals surface area contributed by atoms with Crippen LogP contribution in [0, 0.1) is 5.92 Å². The SMILES string of the molecule is CC1CC(OP(=O)(O)OCC2OC(n3ccc(N)nc3=O)C(O)C2O)(C(=O)O)OC(C(N=[N+]=[N-])C(O)CO)C1O. The van der Waals surface area contributed by atoms with Crippen LogP contribution in [0.3, 0.4) is 0 Å². The van der Waals surface area contributed by atoms with E-state index in [0.29, 0.717) is 0 Å². The van der Waals surface area contributed by atoms with Gasteiger partial charge in [-0.25, -0.2) is 18.7 Å². The molecular formula is C19H29N6O14P. The number of ether oxygens (including phenoxy) is 2. The van der Waals surface area contributed by atoms with E-state index in [-0.39, 0.29) is 5.82 Å². The van der Waals surface area contributed by atoms with Gasteiger partial charge in [0.05, 0.1) is 37.6 Å². The Hall–Kier alpha value is -2.71. The molecular weight excluding hydrogens is 567 g/mol. The molecule has 9 N–H and O–H groups in total. The van der Waals surface area contributed by atoms with Crippen molar-refractivity contribution in [1.29, 1.82) is 0 Å². The quantitative estimate of drug-likeness (QED) is 0.0552. The molecule has 0 aromatic carbocycles. The van der Waals surface area contributed by atoms with E-state index in [2.05, 4.69) is 15.0 Å². The second kappa shape index (κ2) is 12.4. The Kier molecular flexibility index (Phi) is 9.89. The van der Waals surface area contributed by atoms with Crippen molar-refractivity contribution in [3.8, 4) is 0 Å². The molecule has 0 amide bonds. The van der Waals surface area contributed by atoms with Crippen LogP contribution in [0.4, 0.5) is 5.82 Å². The molecule has 0 radical (unpaired) electrons. The third-order valence-corrected chi connectivity index (χ3v) is 7.39. The Morgan fingerprint density at radius 2 is 2.08 bits per heavy atom. The summed E-state index contributed by atoms with van der Waals surface area (Å²) in [6.45, 7) is -0.606. The minimum atomic E-state index is -5.41. The third-order valence-electron chi connectivity index (χ3n) is 6.39. The second-order valence-electron chi connectivity index (χ2n) is 9.20. The van der Waals surface area contributed by atoms with Crippen LogP contribution in [-0.4, -0.2) is 113 Å². The average Bonchev–Trinajstić information content (AvgIpc) is 3.16. The van der Waals surface area contributed by atoms with Gasteiger partial charge in [-0.15, -0.1) is 0 Å². The lowest BCUT2D eigenvalue weighted by atomic mass is 9.84. The van der Waals surface area contributed by atoms with Gasteiger partial charge in [-0.2, -0.15) is 4.98 Å². The van der Waals surface area contributed by atoms with Gasteiger partial charge in [0.2, 0.25) is 0 Å². The van der Waals surface area contributed by atoms with Gasteiger partial charge in [0.15, 0.2) is 6.23 Å². The number of carboxylic acids is 1. The lowest BCUT2D eigenvalue weighted by Gasteiger charge is -2.45. The summed E-state index contributed by atoms with van der Waals surface area (Å²) >= 11 is 0. The summed E-state index contributed by atoms with van der Waals surface area (Å²) in [6.07, 6.45) is -11.3. The summed E-state index contributed by atoms with van der Waals surface area (Å²) in [5.41, 5.74) is 13.3. The Bertz CT molecular complexity index is 1230. The van der Waals surface area contributed by atoms with Gasteiger partial charge < -0.3 is 50.7 Å². The van der Waals surface area contributed by atoms with E-state index in [1.165, 1.54) is 13.0 Å². The number of aromatic nitrogens is 2. The number of rotatable bonds is 11. The Labute approximate surface area is 224 Å². The summed E-state index contributed by atoms with van der Waals surface area (Å²) in [7, 11) is -5.41. The number of phosphoric ester groups is 1. The lowest BCUT2D eigenvalue weighted by Crippen LogP contribution is -2.61. The first-order chi connectivity index (χ1) is 18.7. The summed E-state index contributed by atoms with van der Waals surface area (Å²) in [4.78, 5) is 40.6. The number of phosphoric acid groups is 1. The maximum atomic E-state index is 12.8. The summed E-state index contributed by atoms with van der Waals surface area (Å²) < 4.78 is 34.0. The number of carboxylic acid groups (broad SMARTS) is 1. The summed E-state index contributed by atoms with van der Waals surface area (Å²) in [5, 5.41) is 63.6. The van der Waals surface area contributed by atoms with Crippen LogP contribution >= 0.6 is 7.82 Å². The molecule has 0 aliphatic carbocycles. The molecule has 1 aromatic rings. The van der Waals surface area contributed by atoms with Crippen molar-refractivity contribution in [1.82, 2.24) is 9.55 Å². The minimum absolute atomic E-state index is 0.120. The number of nitrogen functional groups attached to an aromatic ring is 1. The molecule has 1 aromatic heterocycles. The molecule has 40 heavy (non-hydrogen) atoms. The van der Waals surface area contributed by atoms with Gasteiger partial charge in [-0.3, -0.25) is 9.09 Å². The van der Waals surface area contributed by atoms with E-state index >= 15 is 0 Å². The first kappa shape index (κ1) is 31.8. The smallest absolute Gasteiger partial charge is 0.475 e. The zero-order valence-corrected chi connectivity index (χ0v) is 21.6. The van der Waals surface area contributed by atoms with Crippen LogP contribution < -0.4 is 11.4 Å². The Morgan fingerprint density at radius 1 is 1.40 bits per heavy atom. The van der Waals surface area contributed by atoms with E-state index in [0.717, 1.165) is 10.8 Å². The largest absolute Gasteiger partial charge is 0.477 e. The summed E-state index contributed by atoms with van der Waals surface area (Å²) in [5.74, 6) is -6.09. The molecule has 3 heterocycles. The van der Waals surface area contributed by atoms with Crippen molar-refractivity contribution in [2.24, 2.45) is 11.0 Å². The molecule has 2 aliphatic rings. The van der Waals surface area contributed by atoms with Crippen molar-refractivity contribution < 1.29 is 63.4 Å². The monoisotopic (exact) mass is 596 g/mol. The number of hydrogen-bond donors (Lipinski definition) is 8. The van der Waals surface area contributed by atoms with E-state index in [1.807, 2.05) is 0 Å². The van der Waals surface area contributed by atoms with E-state index < -0.39 is 99.7 Å². The van der Waals surface area contributed by atoms with Gasteiger partial charge in [0, 0.05) is 17.5 Å². The van der Waals surface area contributed by atoms with Crippen LogP contribution in [0.1, 0.15) is 19.6 Å². The number of aliphatic hydroxyl groups excluding tert-OH is 5. The van der Waals surface area contributed by atoms with Crippen LogP contribution in [0.25, 0.3) is 10.4 Å². The molecule has 2 aliphatic heterocycles. The fraction of sp³-hybridized carbons (Fsp3) is 0.737. The van der Waals surface area contributed by atoms with Crippen molar-refractivity contribution in [2.45, 2.75) is 68.0 Å². The normalized spacial score (nSPS) is 35.3. The van der Waals surface area contributed by atoms with Crippen LogP contribution in [0.5, 0.6) is 0 Å². The fourth-order valence-electron chi connectivity index (χ4n) is 4.34. The lowest BCUT2D eigenvalue weighted by molar-refractivity contribution is -0.284. The second-order valence-corrected chi connectivity index (χ2v) is 10.6. The average molecular weight is 596 g/mol. The molecule has 2 fully saturated rings. The number of nitrogens with zero attached hydrogens (tertiary/aromatic N) is 5. The fourth-order valence-corrected chi connectivity index (χ4v) is 5.30. The highest BCUT2D eigenvalue weighted by Gasteiger charge is 2.57. The first-order valence-corrected chi connectivity index (χ1v) is 13.1. The molecule has 21 heteroatoms. The third kappa shape index (κ3) is 6.60. The highest BCUT2D eigenvalue weighted by Crippen LogP contribution is 2.52. The van der Waals surface area contributed by atoms with Crippen molar-refractivity contribution >= 4 is 19.6 Å². The van der Waals surface area contributed by atoms with Crippen molar-refractivity contribution in [3.63, 3.8) is 0 Å². The Balaban J connectivity index is 1.78. The maximum absolute atomic E-state index is 12.8.